The zero-order valence-corrected chi connectivity index (χ0v) is 13.4. The third kappa shape index (κ3) is 5.53. The summed E-state index contributed by atoms with van der Waals surface area (Å²) in [5.41, 5.74) is -1.19. The standard InChI is InChI=1S/C15H29N3O3/c1-4-8-15(3,13(19)20)17-14(21)16-12-6-10-18(9-5-2)11-7-12/h12H,4-11H2,1-3H3,(H,19,20)(H2,16,17,21). The van der Waals surface area contributed by atoms with E-state index in [9.17, 15) is 14.7 Å². The van der Waals surface area contributed by atoms with Gasteiger partial charge in [-0.1, -0.05) is 20.3 Å². The molecule has 6 nitrogen and oxygen atoms in total. The highest BCUT2D eigenvalue weighted by Crippen LogP contribution is 2.14. The Labute approximate surface area is 127 Å². The second-order valence-corrected chi connectivity index (χ2v) is 6.10. The van der Waals surface area contributed by atoms with E-state index in [4.69, 9.17) is 0 Å². The summed E-state index contributed by atoms with van der Waals surface area (Å²) in [6.45, 7) is 8.71. The van der Waals surface area contributed by atoms with Crippen molar-refractivity contribution in [1.82, 2.24) is 15.5 Å². The third-order valence-corrected chi connectivity index (χ3v) is 4.07. The molecule has 1 saturated heterocycles. The van der Waals surface area contributed by atoms with Crippen LogP contribution in [0.25, 0.3) is 0 Å². The van der Waals surface area contributed by atoms with Gasteiger partial charge in [0.2, 0.25) is 0 Å². The van der Waals surface area contributed by atoms with Gasteiger partial charge in [0.25, 0.3) is 0 Å². The maximum atomic E-state index is 12.0. The molecule has 2 amide bonds. The number of carboxylic acids is 1. The summed E-state index contributed by atoms with van der Waals surface area (Å²) in [7, 11) is 0. The molecule has 122 valence electrons. The van der Waals surface area contributed by atoms with Gasteiger partial charge >= 0.3 is 12.0 Å². The van der Waals surface area contributed by atoms with E-state index >= 15 is 0 Å². The predicted molar refractivity (Wildman–Crippen MR) is 82.4 cm³/mol. The van der Waals surface area contributed by atoms with E-state index in [0.29, 0.717) is 12.8 Å². The van der Waals surface area contributed by atoms with Crippen LogP contribution in [0.1, 0.15) is 52.9 Å². The van der Waals surface area contributed by atoms with Gasteiger partial charge in [-0.3, -0.25) is 0 Å². The van der Waals surface area contributed by atoms with Gasteiger partial charge in [0.15, 0.2) is 0 Å². The van der Waals surface area contributed by atoms with Crippen molar-refractivity contribution in [2.75, 3.05) is 19.6 Å². The molecule has 0 aromatic carbocycles. The van der Waals surface area contributed by atoms with Crippen LogP contribution in [0, 0.1) is 0 Å². The van der Waals surface area contributed by atoms with E-state index in [2.05, 4.69) is 22.5 Å². The average molecular weight is 299 g/mol. The Morgan fingerprint density at radius 2 is 1.86 bits per heavy atom. The Morgan fingerprint density at radius 3 is 2.33 bits per heavy atom. The number of carbonyl (C=O) groups is 2. The number of nitrogens with one attached hydrogen (secondary N) is 2. The summed E-state index contributed by atoms with van der Waals surface area (Å²) in [5, 5.41) is 14.8. The van der Waals surface area contributed by atoms with Crippen LogP contribution in [0.3, 0.4) is 0 Å². The summed E-state index contributed by atoms with van der Waals surface area (Å²) < 4.78 is 0. The topological polar surface area (TPSA) is 81.7 Å². The van der Waals surface area contributed by atoms with Crippen molar-refractivity contribution in [3.63, 3.8) is 0 Å². The van der Waals surface area contributed by atoms with Gasteiger partial charge in [-0.2, -0.15) is 0 Å². The Balaban J connectivity index is 2.42. The van der Waals surface area contributed by atoms with Gasteiger partial charge in [0.05, 0.1) is 0 Å². The third-order valence-electron chi connectivity index (χ3n) is 4.07. The summed E-state index contributed by atoms with van der Waals surface area (Å²) in [6.07, 6.45) is 4.12. The minimum absolute atomic E-state index is 0.137. The van der Waals surface area contributed by atoms with Gasteiger partial charge < -0.3 is 20.6 Å². The van der Waals surface area contributed by atoms with E-state index in [1.165, 1.54) is 0 Å². The lowest BCUT2D eigenvalue weighted by molar-refractivity contribution is -0.144. The Hall–Kier alpha value is -1.30. The number of aliphatic carboxylic acids is 1. The molecule has 1 unspecified atom stereocenters. The number of hydrogen-bond acceptors (Lipinski definition) is 3. The molecule has 0 radical (unpaired) electrons. The lowest BCUT2D eigenvalue weighted by Crippen LogP contribution is -2.57. The fraction of sp³-hybridized carbons (Fsp3) is 0.867. The highest BCUT2D eigenvalue weighted by Gasteiger charge is 2.34. The van der Waals surface area contributed by atoms with Crippen LogP contribution < -0.4 is 10.6 Å². The lowest BCUT2D eigenvalue weighted by Gasteiger charge is -2.33. The Bertz CT molecular complexity index is 354. The second kappa shape index (κ2) is 8.22. The Kier molecular flexibility index (Phi) is 6.95. The largest absolute Gasteiger partial charge is 0.480 e. The van der Waals surface area contributed by atoms with Crippen LogP contribution in [0.4, 0.5) is 4.79 Å². The number of nitrogens with zero attached hydrogens (tertiary/aromatic N) is 1. The molecule has 0 aromatic rings. The molecule has 1 heterocycles. The minimum atomic E-state index is -1.19. The first kappa shape index (κ1) is 17.8. The highest BCUT2D eigenvalue weighted by molar-refractivity contribution is 5.85. The number of carboxylic acid groups (broad SMARTS) is 1. The first-order valence-electron chi connectivity index (χ1n) is 7.95. The van der Waals surface area contributed by atoms with E-state index in [0.717, 1.165) is 38.9 Å². The van der Waals surface area contributed by atoms with E-state index < -0.39 is 11.5 Å². The van der Waals surface area contributed by atoms with E-state index in [1.54, 1.807) is 6.92 Å². The molecule has 1 atom stereocenters. The van der Waals surface area contributed by atoms with Crippen molar-refractivity contribution in [2.24, 2.45) is 0 Å². The van der Waals surface area contributed by atoms with Crippen molar-refractivity contribution in [1.29, 1.82) is 0 Å². The normalized spacial score (nSPS) is 19.8. The molecule has 21 heavy (non-hydrogen) atoms. The number of rotatable bonds is 7. The summed E-state index contributed by atoms with van der Waals surface area (Å²) in [6, 6.07) is -0.236. The molecule has 1 aliphatic heterocycles. The van der Waals surface area contributed by atoms with Gasteiger partial charge in [-0.15, -0.1) is 0 Å². The van der Waals surface area contributed by atoms with Crippen molar-refractivity contribution >= 4 is 12.0 Å². The van der Waals surface area contributed by atoms with Gasteiger partial charge in [-0.25, -0.2) is 9.59 Å². The fourth-order valence-electron chi connectivity index (χ4n) is 2.81. The summed E-state index contributed by atoms with van der Waals surface area (Å²) in [4.78, 5) is 25.7. The predicted octanol–water partition coefficient (Wildman–Crippen LogP) is 1.80. The van der Waals surface area contributed by atoms with Crippen LogP contribution in [0.5, 0.6) is 0 Å². The van der Waals surface area contributed by atoms with Crippen LogP contribution in [0.2, 0.25) is 0 Å². The number of urea groups is 1. The number of piperidine rings is 1. The minimum Gasteiger partial charge on any atom is -0.480 e. The van der Waals surface area contributed by atoms with Crippen LogP contribution >= 0.6 is 0 Å². The molecule has 0 aliphatic carbocycles. The molecule has 0 aromatic heterocycles. The van der Waals surface area contributed by atoms with Crippen molar-refractivity contribution in [2.45, 2.75) is 64.5 Å². The maximum absolute atomic E-state index is 12.0. The smallest absolute Gasteiger partial charge is 0.329 e. The zero-order chi connectivity index (χ0) is 15.9. The maximum Gasteiger partial charge on any atom is 0.329 e. The van der Waals surface area contributed by atoms with Crippen LogP contribution in [0.15, 0.2) is 0 Å². The number of carbonyl (C=O) groups excluding carboxylic acids is 1. The second-order valence-electron chi connectivity index (χ2n) is 6.10. The van der Waals surface area contributed by atoms with Crippen molar-refractivity contribution in [3.05, 3.63) is 0 Å². The molecular weight excluding hydrogens is 270 g/mol. The summed E-state index contributed by atoms with van der Waals surface area (Å²) >= 11 is 0. The highest BCUT2D eigenvalue weighted by atomic mass is 16.4. The van der Waals surface area contributed by atoms with Crippen LogP contribution in [-0.2, 0) is 4.79 Å². The zero-order valence-electron chi connectivity index (χ0n) is 13.4. The molecule has 0 bridgehead atoms. The molecule has 1 fully saturated rings. The van der Waals surface area contributed by atoms with Crippen molar-refractivity contribution in [3.8, 4) is 0 Å². The quantitative estimate of drug-likeness (QED) is 0.669. The molecule has 1 aliphatic rings. The number of hydrogen-bond donors (Lipinski definition) is 3. The molecule has 0 spiro atoms. The van der Waals surface area contributed by atoms with E-state index in [-0.39, 0.29) is 12.1 Å². The van der Waals surface area contributed by atoms with Crippen molar-refractivity contribution < 1.29 is 14.7 Å². The van der Waals surface area contributed by atoms with Gasteiger partial charge in [0, 0.05) is 19.1 Å². The average Bonchev–Trinajstić information content (AvgIpc) is 2.41. The molecular formula is C15H29N3O3. The van der Waals surface area contributed by atoms with Crippen LogP contribution in [-0.4, -0.2) is 53.2 Å². The Morgan fingerprint density at radius 1 is 1.24 bits per heavy atom. The first-order valence-corrected chi connectivity index (χ1v) is 7.95. The SMILES string of the molecule is CCCN1CCC(NC(=O)NC(C)(CCC)C(=O)O)CC1. The molecule has 6 heteroatoms. The first-order chi connectivity index (χ1) is 9.91. The number of amides is 2. The molecule has 1 rings (SSSR count). The fourth-order valence-corrected chi connectivity index (χ4v) is 2.81. The number of likely N-dealkylation sites (tertiary alicyclic amines) is 1. The van der Waals surface area contributed by atoms with Gasteiger partial charge in [-0.05, 0) is 39.2 Å². The summed E-state index contributed by atoms with van der Waals surface area (Å²) in [5.74, 6) is -0.989. The lowest BCUT2D eigenvalue weighted by atomic mass is 9.96. The van der Waals surface area contributed by atoms with Gasteiger partial charge in [0.1, 0.15) is 5.54 Å². The van der Waals surface area contributed by atoms with E-state index in [1.807, 2.05) is 6.92 Å². The molecule has 0 saturated carbocycles. The molecule has 3 N–H and O–H groups in total. The monoisotopic (exact) mass is 299 g/mol.